The SMILES string of the molecule is CCNC1CCCC1CN(CCO)C(C)C. The molecule has 0 heterocycles. The fraction of sp³-hybridized carbons (Fsp3) is 1.00. The molecule has 2 N–H and O–H groups in total. The second-order valence-corrected chi connectivity index (χ2v) is 5.17. The van der Waals surface area contributed by atoms with Gasteiger partial charge in [-0.15, -0.1) is 0 Å². The largest absolute Gasteiger partial charge is 0.395 e. The Labute approximate surface area is 100 Å². The van der Waals surface area contributed by atoms with Crippen LogP contribution in [0, 0.1) is 5.92 Å². The molecular weight excluding hydrogens is 200 g/mol. The van der Waals surface area contributed by atoms with E-state index in [0.29, 0.717) is 12.1 Å². The van der Waals surface area contributed by atoms with Gasteiger partial charge in [0, 0.05) is 25.2 Å². The zero-order valence-electron chi connectivity index (χ0n) is 11.1. The van der Waals surface area contributed by atoms with E-state index < -0.39 is 0 Å². The van der Waals surface area contributed by atoms with Crippen molar-refractivity contribution in [3.8, 4) is 0 Å². The van der Waals surface area contributed by atoms with Crippen molar-refractivity contribution in [2.24, 2.45) is 5.92 Å². The van der Waals surface area contributed by atoms with E-state index in [-0.39, 0.29) is 6.61 Å². The van der Waals surface area contributed by atoms with E-state index in [2.05, 4.69) is 31.0 Å². The molecule has 1 aliphatic rings. The molecule has 0 bridgehead atoms. The standard InChI is InChI=1S/C13H28N2O/c1-4-14-13-7-5-6-12(13)10-15(8-9-16)11(2)3/h11-14,16H,4-10H2,1-3H3. The number of nitrogens with one attached hydrogen (secondary N) is 1. The fourth-order valence-corrected chi connectivity index (χ4v) is 2.78. The van der Waals surface area contributed by atoms with Gasteiger partial charge in [-0.2, -0.15) is 0 Å². The van der Waals surface area contributed by atoms with Crippen LogP contribution in [0.1, 0.15) is 40.0 Å². The average Bonchev–Trinajstić information content (AvgIpc) is 2.65. The first-order chi connectivity index (χ1) is 7.69. The Morgan fingerprint density at radius 1 is 1.38 bits per heavy atom. The molecule has 0 aromatic rings. The first kappa shape index (κ1) is 13.9. The predicted molar refractivity (Wildman–Crippen MR) is 68.6 cm³/mol. The Balaban J connectivity index is 2.43. The molecule has 1 rings (SSSR count). The Morgan fingerprint density at radius 2 is 2.12 bits per heavy atom. The van der Waals surface area contributed by atoms with Crippen molar-refractivity contribution < 1.29 is 5.11 Å². The van der Waals surface area contributed by atoms with Gasteiger partial charge in [0.15, 0.2) is 0 Å². The van der Waals surface area contributed by atoms with Gasteiger partial charge in [0.2, 0.25) is 0 Å². The molecule has 16 heavy (non-hydrogen) atoms. The van der Waals surface area contributed by atoms with E-state index in [4.69, 9.17) is 5.11 Å². The zero-order chi connectivity index (χ0) is 12.0. The van der Waals surface area contributed by atoms with Crippen LogP contribution in [-0.4, -0.2) is 48.3 Å². The molecular formula is C13H28N2O. The molecule has 0 saturated heterocycles. The molecule has 3 heteroatoms. The van der Waals surface area contributed by atoms with Gasteiger partial charge in [0.05, 0.1) is 6.61 Å². The molecule has 96 valence electrons. The summed E-state index contributed by atoms with van der Waals surface area (Å²) in [6.07, 6.45) is 4.02. The average molecular weight is 228 g/mol. The lowest BCUT2D eigenvalue weighted by Gasteiger charge is -2.31. The third kappa shape index (κ3) is 4.04. The highest BCUT2D eigenvalue weighted by Crippen LogP contribution is 2.26. The summed E-state index contributed by atoms with van der Waals surface area (Å²) in [5, 5.41) is 12.7. The van der Waals surface area contributed by atoms with Crippen LogP contribution in [0.3, 0.4) is 0 Å². The van der Waals surface area contributed by atoms with Gasteiger partial charge in [-0.3, -0.25) is 4.90 Å². The van der Waals surface area contributed by atoms with E-state index in [1.807, 2.05) is 0 Å². The van der Waals surface area contributed by atoms with Gasteiger partial charge < -0.3 is 10.4 Å². The lowest BCUT2D eigenvalue weighted by molar-refractivity contribution is 0.138. The summed E-state index contributed by atoms with van der Waals surface area (Å²) in [5.41, 5.74) is 0. The molecule has 0 radical (unpaired) electrons. The van der Waals surface area contributed by atoms with Crippen LogP contribution < -0.4 is 5.32 Å². The highest BCUT2D eigenvalue weighted by atomic mass is 16.3. The lowest BCUT2D eigenvalue weighted by Crippen LogP contribution is -2.42. The van der Waals surface area contributed by atoms with Crippen molar-refractivity contribution in [1.29, 1.82) is 0 Å². The fourth-order valence-electron chi connectivity index (χ4n) is 2.78. The molecule has 0 aromatic heterocycles. The van der Waals surface area contributed by atoms with E-state index in [1.54, 1.807) is 0 Å². The van der Waals surface area contributed by atoms with Gasteiger partial charge in [-0.05, 0) is 39.2 Å². The molecule has 1 aliphatic carbocycles. The summed E-state index contributed by atoms with van der Waals surface area (Å²) in [4.78, 5) is 2.40. The number of hydrogen-bond acceptors (Lipinski definition) is 3. The minimum Gasteiger partial charge on any atom is -0.395 e. The van der Waals surface area contributed by atoms with Crippen LogP contribution in [0.2, 0.25) is 0 Å². The van der Waals surface area contributed by atoms with Gasteiger partial charge in [-0.25, -0.2) is 0 Å². The highest BCUT2D eigenvalue weighted by molar-refractivity contribution is 4.85. The second kappa shape index (κ2) is 7.25. The number of hydrogen-bond donors (Lipinski definition) is 2. The maximum absolute atomic E-state index is 9.07. The van der Waals surface area contributed by atoms with Crippen LogP contribution in [-0.2, 0) is 0 Å². The number of nitrogens with zero attached hydrogens (tertiary/aromatic N) is 1. The van der Waals surface area contributed by atoms with E-state index in [1.165, 1.54) is 19.3 Å². The maximum atomic E-state index is 9.07. The topological polar surface area (TPSA) is 35.5 Å². The third-order valence-electron chi connectivity index (χ3n) is 3.71. The molecule has 2 unspecified atom stereocenters. The molecule has 1 saturated carbocycles. The highest BCUT2D eigenvalue weighted by Gasteiger charge is 2.28. The summed E-state index contributed by atoms with van der Waals surface area (Å²) in [7, 11) is 0. The second-order valence-electron chi connectivity index (χ2n) is 5.17. The molecule has 2 atom stereocenters. The van der Waals surface area contributed by atoms with E-state index >= 15 is 0 Å². The minimum absolute atomic E-state index is 0.275. The first-order valence-corrected chi connectivity index (χ1v) is 6.77. The molecule has 0 aliphatic heterocycles. The normalized spacial score (nSPS) is 25.9. The van der Waals surface area contributed by atoms with Gasteiger partial charge in [-0.1, -0.05) is 13.3 Å². The van der Waals surface area contributed by atoms with Crippen LogP contribution in [0.25, 0.3) is 0 Å². The third-order valence-corrected chi connectivity index (χ3v) is 3.71. The van der Waals surface area contributed by atoms with Gasteiger partial charge >= 0.3 is 0 Å². The Kier molecular flexibility index (Phi) is 6.32. The van der Waals surface area contributed by atoms with Crippen molar-refractivity contribution in [1.82, 2.24) is 10.2 Å². The van der Waals surface area contributed by atoms with E-state index in [0.717, 1.165) is 25.6 Å². The lowest BCUT2D eigenvalue weighted by atomic mass is 10.0. The zero-order valence-corrected chi connectivity index (χ0v) is 11.1. The van der Waals surface area contributed by atoms with E-state index in [9.17, 15) is 0 Å². The van der Waals surface area contributed by atoms with Crippen molar-refractivity contribution >= 4 is 0 Å². The number of aliphatic hydroxyl groups is 1. The quantitative estimate of drug-likeness (QED) is 0.692. The van der Waals surface area contributed by atoms with Crippen LogP contribution in [0.15, 0.2) is 0 Å². The monoisotopic (exact) mass is 228 g/mol. The predicted octanol–water partition coefficient (Wildman–Crippen LogP) is 1.47. The van der Waals surface area contributed by atoms with Crippen molar-refractivity contribution in [3.63, 3.8) is 0 Å². The minimum atomic E-state index is 0.275. The van der Waals surface area contributed by atoms with Crippen LogP contribution >= 0.6 is 0 Å². The van der Waals surface area contributed by atoms with Crippen molar-refractivity contribution in [2.75, 3.05) is 26.2 Å². The maximum Gasteiger partial charge on any atom is 0.0558 e. The number of aliphatic hydroxyl groups excluding tert-OH is 1. The summed E-state index contributed by atoms with van der Waals surface area (Å²) in [5.74, 6) is 0.772. The molecule has 3 nitrogen and oxygen atoms in total. The molecule has 0 aromatic carbocycles. The van der Waals surface area contributed by atoms with Gasteiger partial charge in [0.1, 0.15) is 0 Å². The number of rotatable bonds is 7. The summed E-state index contributed by atoms with van der Waals surface area (Å²) in [6.45, 7) is 9.91. The molecule has 0 spiro atoms. The summed E-state index contributed by atoms with van der Waals surface area (Å²) < 4.78 is 0. The Hall–Kier alpha value is -0.120. The van der Waals surface area contributed by atoms with Crippen molar-refractivity contribution in [2.45, 2.75) is 52.1 Å². The summed E-state index contributed by atoms with van der Waals surface area (Å²) in [6, 6.07) is 1.24. The van der Waals surface area contributed by atoms with Crippen LogP contribution in [0.5, 0.6) is 0 Å². The molecule has 1 fully saturated rings. The Morgan fingerprint density at radius 3 is 2.69 bits per heavy atom. The summed E-state index contributed by atoms with van der Waals surface area (Å²) >= 11 is 0. The molecule has 0 amide bonds. The van der Waals surface area contributed by atoms with Gasteiger partial charge in [0.25, 0.3) is 0 Å². The van der Waals surface area contributed by atoms with Crippen molar-refractivity contribution in [3.05, 3.63) is 0 Å². The Bertz CT molecular complexity index is 185. The van der Waals surface area contributed by atoms with Crippen LogP contribution in [0.4, 0.5) is 0 Å². The smallest absolute Gasteiger partial charge is 0.0558 e. The first-order valence-electron chi connectivity index (χ1n) is 6.77.